The van der Waals surface area contributed by atoms with Gasteiger partial charge in [0.05, 0.1) is 6.04 Å². The van der Waals surface area contributed by atoms with Gasteiger partial charge in [-0.3, -0.25) is 10.1 Å². The molecule has 0 aromatic heterocycles. The average molecular weight is 286 g/mol. The molecule has 0 bridgehead atoms. The van der Waals surface area contributed by atoms with Crippen molar-refractivity contribution in [1.82, 2.24) is 10.2 Å². The van der Waals surface area contributed by atoms with E-state index < -0.39 is 0 Å². The van der Waals surface area contributed by atoms with Gasteiger partial charge in [0.2, 0.25) is 5.91 Å². The van der Waals surface area contributed by atoms with Crippen molar-refractivity contribution in [3.8, 4) is 5.75 Å². The fourth-order valence-electron chi connectivity index (χ4n) is 2.54. The van der Waals surface area contributed by atoms with Gasteiger partial charge in [-0.15, -0.1) is 0 Å². The lowest BCUT2D eigenvalue weighted by Crippen LogP contribution is -2.42. The molecule has 0 aliphatic carbocycles. The van der Waals surface area contributed by atoms with Crippen LogP contribution in [0, 0.1) is 0 Å². The number of carbonyl (C=O) groups is 1. The number of amides is 1. The number of rotatable bonds is 4. The van der Waals surface area contributed by atoms with Gasteiger partial charge in [0.15, 0.2) is 0 Å². The van der Waals surface area contributed by atoms with E-state index >= 15 is 0 Å². The van der Waals surface area contributed by atoms with E-state index in [1.54, 1.807) is 19.0 Å². The highest BCUT2D eigenvalue weighted by molar-refractivity contribution is 5.89. The van der Waals surface area contributed by atoms with E-state index in [1.807, 2.05) is 50.2 Å². The normalized spacial score (nSPS) is 13.9. The number of hydrogen-bond donors (Lipinski definition) is 2. The summed E-state index contributed by atoms with van der Waals surface area (Å²) in [5, 5.41) is 15.5. The Bertz CT molecular complexity index is 652. The van der Waals surface area contributed by atoms with Crippen LogP contribution in [0.25, 0.3) is 10.8 Å². The Balaban J connectivity index is 2.25. The first-order valence-electron chi connectivity index (χ1n) is 7.09. The molecule has 0 saturated heterocycles. The van der Waals surface area contributed by atoms with Crippen molar-refractivity contribution in [2.45, 2.75) is 25.9 Å². The van der Waals surface area contributed by atoms with Gasteiger partial charge in [-0.25, -0.2) is 0 Å². The smallest absolute Gasteiger partial charge is 0.238 e. The van der Waals surface area contributed by atoms with Gasteiger partial charge < -0.3 is 10.0 Å². The van der Waals surface area contributed by atoms with Crippen molar-refractivity contribution < 1.29 is 9.90 Å². The maximum Gasteiger partial charge on any atom is 0.238 e. The maximum atomic E-state index is 11.9. The van der Waals surface area contributed by atoms with Crippen LogP contribution in [0.1, 0.15) is 25.5 Å². The van der Waals surface area contributed by atoms with Gasteiger partial charge >= 0.3 is 0 Å². The molecule has 112 valence electrons. The van der Waals surface area contributed by atoms with Crippen LogP contribution in [0.4, 0.5) is 0 Å². The van der Waals surface area contributed by atoms with Crippen molar-refractivity contribution >= 4 is 16.7 Å². The summed E-state index contributed by atoms with van der Waals surface area (Å²) in [7, 11) is 3.47. The monoisotopic (exact) mass is 286 g/mol. The SMILES string of the molecule is CC(NC(C)c1ccc2ccccc2c1O)C(=O)N(C)C. The second-order valence-corrected chi connectivity index (χ2v) is 5.57. The number of hydrogen-bond acceptors (Lipinski definition) is 3. The van der Waals surface area contributed by atoms with E-state index in [0.29, 0.717) is 0 Å². The number of carbonyl (C=O) groups excluding carboxylic acids is 1. The van der Waals surface area contributed by atoms with Gasteiger partial charge in [-0.1, -0.05) is 36.4 Å². The zero-order chi connectivity index (χ0) is 15.6. The Morgan fingerprint density at radius 2 is 1.81 bits per heavy atom. The summed E-state index contributed by atoms with van der Waals surface area (Å²) < 4.78 is 0. The number of phenolic OH excluding ortho intramolecular Hbond substituents is 1. The molecule has 2 aromatic rings. The quantitative estimate of drug-likeness (QED) is 0.908. The van der Waals surface area contributed by atoms with Crippen molar-refractivity contribution in [1.29, 1.82) is 0 Å². The minimum Gasteiger partial charge on any atom is -0.507 e. The molecule has 2 atom stereocenters. The second-order valence-electron chi connectivity index (χ2n) is 5.57. The van der Waals surface area contributed by atoms with Crippen LogP contribution in [0.5, 0.6) is 5.75 Å². The van der Waals surface area contributed by atoms with E-state index in [2.05, 4.69) is 5.32 Å². The molecule has 2 aromatic carbocycles. The third kappa shape index (κ3) is 3.16. The average Bonchev–Trinajstić information content (AvgIpc) is 2.46. The Morgan fingerprint density at radius 3 is 2.48 bits per heavy atom. The van der Waals surface area contributed by atoms with E-state index in [4.69, 9.17) is 0 Å². The number of fused-ring (bicyclic) bond motifs is 1. The van der Waals surface area contributed by atoms with Crippen molar-refractivity contribution in [2.24, 2.45) is 0 Å². The van der Waals surface area contributed by atoms with Crippen LogP contribution in [0.15, 0.2) is 36.4 Å². The van der Waals surface area contributed by atoms with Gasteiger partial charge in [-0.05, 0) is 19.2 Å². The molecule has 1 amide bonds. The molecule has 0 saturated carbocycles. The Labute approximate surface area is 125 Å². The molecular formula is C17H22N2O2. The largest absolute Gasteiger partial charge is 0.507 e. The highest BCUT2D eigenvalue weighted by atomic mass is 16.3. The van der Waals surface area contributed by atoms with E-state index in [0.717, 1.165) is 16.3 Å². The van der Waals surface area contributed by atoms with Crippen LogP contribution in [0.2, 0.25) is 0 Å². The van der Waals surface area contributed by atoms with Crippen LogP contribution >= 0.6 is 0 Å². The summed E-state index contributed by atoms with van der Waals surface area (Å²) in [6.45, 7) is 3.78. The highest BCUT2D eigenvalue weighted by Crippen LogP contribution is 2.32. The zero-order valence-corrected chi connectivity index (χ0v) is 12.9. The van der Waals surface area contributed by atoms with Crippen LogP contribution < -0.4 is 5.32 Å². The molecule has 4 heteroatoms. The summed E-state index contributed by atoms with van der Waals surface area (Å²) >= 11 is 0. The predicted molar refractivity (Wildman–Crippen MR) is 85.3 cm³/mol. The van der Waals surface area contributed by atoms with Gasteiger partial charge in [0.1, 0.15) is 5.75 Å². The van der Waals surface area contributed by atoms with Gasteiger partial charge in [0, 0.05) is 31.1 Å². The molecule has 0 fully saturated rings. The van der Waals surface area contributed by atoms with Gasteiger partial charge in [0.25, 0.3) is 0 Å². The lowest BCUT2D eigenvalue weighted by molar-refractivity contribution is -0.130. The molecule has 2 rings (SSSR count). The molecule has 0 aliphatic rings. The number of benzene rings is 2. The third-order valence-corrected chi connectivity index (χ3v) is 3.71. The lowest BCUT2D eigenvalue weighted by Gasteiger charge is -2.23. The lowest BCUT2D eigenvalue weighted by atomic mass is 10.0. The Kier molecular flexibility index (Phi) is 4.48. The highest BCUT2D eigenvalue weighted by Gasteiger charge is 2.19. The number of nitrogens with zero attached hydrogens (tertiary/aromatic N) is 1. The molecule has 0 spiro atoms. The first kappa shape index (κ1) is 15.3. The fraction of sp³-hybridized carbons (Fsp3) is 0.353. The molecule has 0 heterocycles. The zero-order valence-electron chi connectivity index (χ0n) is 12.9. The standard InChI is InChI=1S/C17H22N2O2/c1-11(18-12(2)17(21)19(3)4)14-10-9-13-7-5-6-8-15(13)16(14)20/h5-12,18,20H,1-4H3. The summed E-state index contributed by atoms with van der Waals surface area (Å²) in [5.74, 6) is 0.291. The number of nitrogens with one attached hydrogen (secondary N) is 1. The van der Waals surface area contributed by atoms with E-state index in [-0.39, 0.29) is 23.7 Å². The van der Waals surface area contributed by atoms with Crippen molar-refractivity contribution in [3.63, 3.8) is 0 Å². The Morgan fingerprint density at radius 1 is 1.14 bits per heavy atom. The molecular weight excluding hydrogens is 264 g/mol. The first-order valence-corrected chi connectivity index (χ1v) is 7.09. The third-order valence-electron chi connectivity index (χ3n) is 3.71. The minimum atomic E-state index is -0.305. The number of aromatic hydroxyl groups is 1. The van der Waals surface area contributed by atoms with E-state index in [9.17, 15) is 9.90 Å². The predicted octanol–water partition coefficient (Wildman–Crippen LogP) is 2.67. The summed E-state index contributed by atoms with van der Waals surface area (Å²) in [6.07, 6.45) is 0. The summed E-state index contributed by atoms with van der Waals surface area (Å²) in [5.41, 5.74) is 0.798. The number of phenols is 1. The second kappa shape index (κ2) is 6.14. The van der Waals surface area contributed by atoms with Crippen LogP contribution in [-0.2, 0) is 4.79 Å². The molecule has 4 nitrogen and oxygen atoms in total. The molecule has 21 heavy (non-hydrogen) atoms. The van der Waals surface area contributed by atoms with E-state index in [1.165, 1.54) is 0 Å². The maximum absolute atomic E-state index is 11.9. The fourth-order valence-corrected chi connectivity index (χ4v) is 2.54. The van der Waals surface area contributed by atoms with Crippen molar-refractivity contribution in [2.75, 3.05) is 14.1 Å². The molecule has 2 N–H and O–H groups in total. The minimum absolute atomic E-state index is 0.0159. The molecule has 0 aliphatic heterocycles. The van der Waals surface area contributed by atoms with Crippen molar-refractivity contribution in [3.05, 3.63) is 42.0 Å². The molecule has 0 radical (unpaired) electrons. The molecule has 2 unspecified atom stereocenters. The topological polar surface area (TPSA) is 52.6 Å². The first-order chi connectivity index (χ1) is 9.91. The summed E-state index contributed by atoms with van der Waals surface area (Å²) in [4.78, 5) is 13.5. The Hall–Kier alpha value is -2.07. The van der Waals surface area contributed by atoms with Crippen LogP contribution in [-0.4, -0.2) is 36.1 Å². The summed E-state index contributed by atoms with van der Waals surface area (Å²) in [6, 6.07) is 11.2. The number of likely N-dealkylation sites (N-methyl/N-ethyl adjacent to an activating group) is 1. The van der Waals surface area contributed by atoms with Crippen LogP contribution in [0.3, 0.4) is 0 Å². The van der Waals surface area contributed by atoms with Gasteiger partial charge in [-0.2, -0.15) is 0 Å².